The van der Waals surface area contributed by atoms with Crippen LogP contribution >= 0.6 is 11.3 Å². The first kappa shape index (κ1) is 15.4. The van der Waals surface area contributed by atoms with Gasteiger partial charge in [0.2, 0.25) is 0 Å². The van der Waals surface area contributed by atoms with Gasteiger partial charge in [-0.2, -0.15) is 0 Å². The van der Waals surface area contributed by atoms with Crippen LogP contribution < -0.4 is 10.6 Å². The predicted molar refractivity (Wildman–Crippen MR) is 95.8 cm³/mol. The molecule has 2 aliphatic rings. The largest absolute Gasteiger partial charge is 0.349 e. The van der Waals surface area contributed by atoms with Gasteiger partial charge in [-0.25, -0.2) is 0 Å². The molecule has 1 heterocycles. The van der Waals surface area contributed by atoms with E-state index < -0.39 is 0 Å². The van der Waals surface area contributed by atoms with Crippen molar-refractivity contribution >= 4 is 28.2 Å². The summed E-state index contributed by atoms with van der Waals surface area (Å²) in [5.74, 6) is -0.185. The monoisotopic (exact) mass is 340 g/mol. The van der Waals surface area contributed by atoms with Gasteiger partial charge in [0.1, 0.15) is 5.00 Å². The summed E-state index contributed by atoms with van der Waals surface area (Å²) in [5, 5.41) is 6.76. The first-order valence-electron chi connectivity index (χ1n) is 8.54. The first-order chi connectivity index (χ1) is 11.7. The highest BCUT2D eigenvalue weighted by Crippen LogP contribution is 2.38. The second-order valence-corrected chi connectivity index (χ2v) is 7.59. The van der Waals surface area contributed by atoms with Crippen LogP contribution in [-0.4, -0.2) is 17.9 Å². The van der Waals surface area contributed by atoms with Gasteiger partial charge in [0.15, 0.2) is 0 Å². The minimum atomic E-state index is -0.158. The third-order valence-electron chi connectivity index (χ3n) is 4.57. The number of thiophene rings is 1. The summed E-state index contributed by atoms with van der Waals surface area (Å²) in [6, 6.07) is 9.45. The number of carbonyl (C=O) groups is 2. The van der Waals surface area contributed by atoms with Gasteiger partial charge in [-0.15, -0.1) is 11.3 Å². The molecule has 2 aliphatic carbocycles. The number of carbonyl (C=O) groups excluding carboxylic acids is 2. The Hall–Kier alpha value is -2.14. The van der Waals surface area contributed by atoms with E-state index in [-0.39, 0.29) is 11.8 Å². The Kier molecular flexibility index (Phi) is 4.10. The minimum Gasteiger partial charge on any atom is -0.349 e. The third kappa shape index (κ3) is 3.08. The van der Waals surface area contributed by atoms with E-state index in [0.717, 1.165) is 44.1 Å². The lowest BCUT2D eigenvalue weighted by Crippen LogP contribution is -2.27. The molecule has 0 aliphatic heterocycles. The van der Waals surface area contributed by atoms with Crippen LogP contribution in [-0.2, 0) is 12.8 Å². The van der Waals surface area contributed by atoms with Crippen molar-refractivity contribution in [3.8, 4) is 0 Å². The van der Waals surface area contributed by atoms with Crippen molar-refractivity contribution < 1.29 is 9.59 Å². The molecule has 2 amide bonds. The Morgan fingerprint density at radius 3 is 2.50 bits per heavy atom. The SMILES string of the molecule is O=C(Nc1sc2c(c1C(=O)NC1CC1)CCCC2)c1ccccc1. The molecule has 2 aromatic rings. The standard InChI is InChI=1S/C19H20N2O2S/c22-17(12-6-2-1-3-7-12)21-19-16(18(23)20-13-10-11-13)14-8-4-5-9-15(14)24-19/h1-3,6-7,13H,4-5,8-11H2,(H,20,23)(H,21,22). The Balaban J connectivity index is 1.64. The van der Waals surface area contributed by atoms with E-state index in [1.165, 1.54) is 4.88 Å². The molecule has 4 rings (SSSR count). The van der Waals surface area contributed by atoms with Crippen molar-refractivity contribution in [1.29, 1.82) is 0 Å². The molecule has 2 N–H and O–H groups in total. The Bertz CT molecular complexity index is 778. The molecule has 4 nitrogen and oxygen atoms in total. The molecular formula is C19H20N2O2S. The average molecular weight is 340 g/mol. The molecule has 124 valence electrons. The molecule has 0 saturated heterocycles. The van der Waals surface area contributed by atoms with Crippen LogP contribution in [0.3, 0.4) is 0 Å². The van der Waals surface area contributed by atoms with Crippen LogP contribution in [0.2, 0.25) is 0 Å². The highest BCUT2D eigenvalue weighted by atomic mass is 32.1. The van der Waals surface area contributed by atoms with Crippen molar-refractivity contribution in [1.82, 2.24) is 5.32 Å². The van der Waals surface area contributed by atoms with Gasteiger partial charge in [-0.3, -0.25) is 9.59 Å². The van der Waals surface area contributed by atoms with Gasteiger partial charge in [0.25, 0.3) is 11.8 Å². The van der Waals surface area contributed by atoms with Crippen LogP contribution in [0.4, 0.5) is 5.00 Å². The molecule has 1 aromatic heterocycles. The molecule has 0 spiro atoms. The van der Waals surface area contributed by atoms with Gasteiger partial charge >= 0.3 is 0 Å². The van der Waals surface area contributed by atoms with E-state index in [1.807, 2.05) is 18.2 Å². The van der Waals surface area contributed by atoms with Crippen molar-refractivity contribution in [3.63, 3.8) is 0 Å². The van der Waals surface area contributed by atoms with Gasteiger partial charge in [0, 0.05) is 16.5 Å². The molecule has 0 atom stereocenters. The highest BCUT2D eigenvalue weighted by Gasteiger charge is 2.30. The maximum absolute atomic E-state index is 12.7. The lowest BCUT2D eigenvalue weighted by molar-refractivity contribution is 0.0951. The summed E-state index contributed by atoms with van der Waals surface area (Å²) in [6.07, 6.45) is 6.32. The van der Waals surface area contributed by atoms with E-state index in [4.69, 9.17) is 0 Å². The fourth-order valence-electron chi connectivity index (χ4n) is 3.14. The first-order valence-corrected chi connectivity index (χ1v) is 9.36. The van der Waals surface area contributed by atoms with E-state index in [1.54, 1.807) is 23.5 Å². The minimum absolute atomic E-state index is 0.0275. The van der Waals surface area contributed by atoms with Crippen LogP contribution in [0, 0.1) is 0 Å². The maximum Gasteiger partial charge on any atom is 0.256 e. The van der Waals surface area contributed by atoms with Crippen LogP contribution in [0.15, 0.2) is 30.3 Å². The second kappa shape index (κ2) is 6.40. The van der Waals surface area contributed by atoms with Gasteiger partial charge in [-0.05, 0) is 56.2 Å². The highest BCUT2D eigenvalue weighted by molar-refractivity contribution is 7.17. The van der Waals surface area contributed by atoms with Crippen LogP contribution in [0.1, 0.15) is 56.8 Å². The van der Waals surface area contributed by atoms with Gasteiger partial charge < -0.3 is 10.6 Å². The number of aryl methyl sites for hydroxylation is 1. The Morgan fingerprint density at radius 2 is 1.75 bits per heavy atom. The molecule has 24 heavy (non-hydrogen) atoms. The third-order valence-corrected chi connectivity index (χ3v) is 5.78. The van der Waals surface area contributed by atoms with Crippen LogP contribution in [0.5, 0.6) is 0 Å². The zero-order chi connectivity index (χ0) is 16.5. The molecule has 0 unspecified atom stereocenters. The lowest BCUT2D eigenvalue weighted by atomic mass is 9.95. The summed E-state index contributed by atoms with van der Waals surface area (Å²) in [4.78, 5) is 26.5. The summed E-state index contributed by atoms with van der Waals surface area (Å²) in [5.41, 5.74) is 2.45. The maximum atomic E-state index is 12.7. The zero-order valence-corrected chi connectivity index (χ0v) is 14.2. The number of benzene rings is 1. The number of anilines is 1. The number of nitrogens with one attached hydrogen (secondary N) is 2. The van der Waals surface area contributed by atoms with Gasteiger partial charge in [-0.1, -0.05) is 18.2 Å². The molecule has 0 radical (unpaired) electrons. The molecule has 1 aromatic carbocycles. The van der Waals surface area contributed by atoms with E-state index in [0.29, 0.717) is 22.2 Å². The normalized spacial score (nSPS) is 16.3. The van der Waals surface area contributed by atoms with Crippen LogP contribution in [0.25, 0.3) is 0 Å². The lowest BCUT2D eigenvalue weighted by Gasteiger charge is -2.13. The number of fused-ring (bicyclic) bond motifs is 1. The van der Waals surface area contributed by atoms with Crippen molar-refractivity contribution in [2.75, 3.05) is 5.32 Å². The average Bonchev–Trinajstić information content (AvgIpc) is 3.34. The fraction of sp³-hybridized carbons (Fsp3) is 0.368. The number of rotatable bonds is 4. The molecule has 5 heteroatoms. The summed E-state index contributed by atoms with van der Waals surface area (Å²) in [6.45, 7) is 0. The quantitative estimate of drug-likeness (QED) is 0.890. The summed E-state index contributed by atoms with van der Waals surface area (Å²) >= 11 is 1.57. The van der Waals surface area contributed by atoms with Crippen molar-refractivity contribution in [2.24, 2.45) is 0 Å². The van der Waals surface area contributed by atoms with Crippen molar-refractivity contribution in [3.05, 3.63) is 51.9 Å². The van der Waals surface area contributed by atoms with E-state index in [9.17, 15) is 9.59 Å². The summed E-state index contributed by atoms with van der Waals surface area (Å²) in [7, 11) is 0. The number of hydrogen-bond acceptors (Lipinski definition) is 3. The van der Waals surface area contributed by atoms with E-state index >= 15 is 0 Å². The van der Waals surface area contributed by atoms with Crippen molar-refractivity contribution in [2.45, 2.75) is 44.6 Å². The Labute approximate surface area is 145 Å². The van der Waals surface area contributed by atoms with E-state index in [2.05, 4.69) is 10.6 Å². The fourth-order valence-corrected chi connectivity index (χ4v) is 4.43. The number of amides is 2. The zero-order valence-electron chi connectivity index (χ0n) is 13.4. The predicted octanol–water partition coefficient (Wildman–Crippen LogP) is 3.77. The Morgan fingerprint density at radius 1 is 1.00 bits per heavy atom. The molecule has 1 fully saturated rings. The molecule has 0 bridgehead atoms. The molecular weight excluding hydrogens is 320 g/mol. The topological polar surface area (TPSA) is 58.2 Å². The molecule has 1 saturated carbocycles. The number of hydrogen-bond donors (Lipinski definition) is 2. The second-order valence-electron chi connectivity index (χ2n) is 6.48. The van der Waals surface area contributed by atoms with Gasteiger partial charge in [0.05, 0.1) is 5.56 Å². The summed E-state index contributed by atoms with van der Waals surface area (Å²) < 4.78 is 0. The smallest absolute Gasteiger partial charge is 0.256 e.